The summed E-state index contributed by atoms with van der Waals surface area (Å²) in [7, 11) is 0. The Morgan fingerprint density at radius 1 is 0.443 bits per heavy atom. The molecule has 1 aliphatic rings. The molecule has 12 rings (SSSR count). The van der Waals surface area contributed by atoms with Crippen LogP contribution in [0.15, 0.2) is 206 Å². The van der Waals surface area contributed by atoms with Crippen LogP contribution in [-0.4, -0.2) is 9.55 Å². The van der Waals surface area contributed by atoms with E-state index in [9.17, 15) is 0 Å². The molecule has 9 aromatic carbocycles. The Hall–Kier alpha value is -7.98. The van der Waals surface area contributed by atoms with Crippen LogP contribution < -0.4 is 14.5 Å². The number of anilines is 4. The Labute approximate surface area is 481 Å². The fourth-order valence-corrected chi connectivity index (χ4v) is 11.0. The fraction of sp³-hybridized carbons (Fsp3) is 0.178. The van der Waals surface area contributed by atoms with Gasteiger partial charge in [-0.3, -0.25) is 0 Å². The van der Waals surface area contributed by atoms with Crippen LogP contribution in [0.3, 0.4) is 0 Å². The van der Waals surface area contributed by atoms with Crippen molar-refractivity contribution in [2.75, 3.05) is 9.80 Å². The Balaban J connectivity index is 0.00000660. The van der Waals surface area contributed by atoms with E-state index in [2.05, 4.69) is 284 Å². The Bertz CT molecular complexity index is 4040. The first-order valence-electron chi connectivity index (χ1n) is 27.2. The van der Waals surface area contributed by atoms with Crippen molar-refractivity contribution < 1.29 is 25.8 Å². The van der Waals surface area contributed by atoms with Crippen molar-refractivity contribution in [3.8, 4) is 61.8 Å². The van der Waals surface area contributed by atoms with Crippen molar-refractivity contribution in [3.63, 3.8) is 0 Å². The maximum Gasteiger partial charge on any atom is 0.135 e. The Kier molecular flexibility index (Phi) is 13.9. The zero-order chi connectivity index (χ0) is 54.1. The molecule has 0 atom stereocenters. The van der Waals surface area contributed by atoms with E-state index in [1.807, 2.05) is 24.4 Å². The van der Waals surface area contributed by atoms with Gasteiger partial charge < -0.3 is 19.1 Å². The molecular weight excluding hydrogens is 1140 g/mol. The number of aromatic nitrogens is 2. The van der Waals surface area contributed by atoms with Gasteiger partial charge in [0.2, 0.25) is 0 Å². The van der Waals surface area contributed by atoms with Gasteiger partial charge in [0.25, 0.3) is 0 Å². The van der Waals surface area contributed by atoms with Gasteiger partial charge in [-0.2, -0.15) is 12.1 Å². The SMILES string of the molecule is Cc1cc(-n2c3[c-]c(Oc4[c-]c(N5[CH-]N(c6c(-c7ccc(C(C)(C)C)cc7)cccc6-c6cccc(-c7ccccc7)c6)c6ccccc65)ccc4)ccc3c3cc(C(C)(C)C)ccc32)ncc1-c1ccc(C(C)(C)C)cc1.[Pt]. The molecule has 0 radical (unpaired) electrons. The van der Waals surface area contributed by atoms with E-state index in [-0.39, 0.29) is 37.3 Å². The number of fused-ring (bicyclic) bond motifs is 4. The standard InChI is InChI=1S/C73H65N4O.Pt/c1-48-41-69(74-46-64(48)51-31-35-55(36-32-51)72(5,6)7)77-65-40-37-56(73(8,9)10)43-63(65)62-39-38-59(45-68(62)77)78-58-24-17-23-57(44-58)75-47-76(67-28-15-14-27-66(67)75)70-60(50-29-33-54(34-30-50)71(2,3)4)25-18-26-61(70)53-22-16-21-52(42-53)49-19-12-11-13-20-49;/h11-43,46-47H,1-10H3;/q-3;. The molecule has 0 fully saturated rings. The summed E-state index contributed by atoms with van der Waals surface area (Å²) in [5, 5.41) is 2.24. The molecule has 5 nitrogen and oxygen atoms in total. The van der Waals surface area contributed by atoms with Crippen LogP contribution in [0.2, 0.25) is 0 Å². The van der Waals surface area contributed by atoms with Gasteiger partial charge in [0.15, 0.2) is 0 Å². The number of hydrogen-bond acceptors (Lipinski definition) is 4. The summed E-state index contributed by atoms with van der Waals surface area (Å²) in [4.78, 5) is 9.75. The number of benzene rings is 9. The molecule has 11 aromatic rings. The summed E-state index contributed by atoms with van der Waals surface area (Å²) in [6, 6.07) is 79.5. The molecule has 0 saturated carbocycles. The molecule has 0 saturated heterocycles. The van der Waals surface area contributed by atoms with Crippen LogP contribution in [0.4, 0.5) is 22.7 Å². The minimum Gasteiger partial charge on any atom is -0.509 e. The van der Waals surface area contributed by atoms with E-state index in [1.54, 1.807) is 0 Å². The third-order valence-electron chi connectivity index (χ3n) is 15.4. The van der Waals surface area contributed by atoms with Crippen molar-refractivity contribution >= 4 is 44.6 Å². The van der Waals surface area contributed by atoms with Gasteiger partial charge in [0.05, 0.1) is 0 Å². The second kappa shape index (κ2) is 20.7. The van der Waals surface area contributed by atoms with Crippen molar-refractivity contribution in [3.05, 3.63) is 247 Å². The summed E-state index contributed by atoms with van der Waals surface area (Å²) in [5.41, 5.74) is 20.3. The first kappa shape index (κ1) is 53.0. The summed E-state index contributed by atoms with van der Waals surface area (Å²) in [6.07, 6.45) is 2.01. The molecule has 0 bridgehead atoms. The molecule has 2 aromatic heterocycles. The number of rotatable bonds is 9. The van der Waals surface area contributed by atoms with Crippen molar-refractivity contribution in [1.29, 1.82) is 0 Å². The van der Waals surface area contributed by atoms with Crippen LogP contribution >= 0.6 is 0 Å². The molecule has 3 heterocycles. The van der Waals surface area contributed by atoms with Gasteiger partial charge in [-0.1, -0.05) is 207 Å². The van der Waals surface area contributed by atoms with Crippen LogP contribution in [0.5, 0.6) is 11.5 Å². The van der Waals surface area contributed by atoms with Crippen LogP contribution in [0.25, 0.3) is 72.1 Å². The molecular formula is C73H65N4OPt-3. The minimum absolute atomic E-state index is 0. The van der Waals surface area contributed by atoms with Gasteiger partial charge in [0.1, 0.15) is 5.82 Å². The van der Waals surface area contributed by atoms with Gasteiger partial charge in [-0.15, -0.1) is 48.1 Å². The molecule has 396 valence electrons. The maximum absolute atomic E-state index is 6.82. The van der Waals surface area contributed by atoms with Crippen LogP contribution in [0, 0.1) is 25.7 Å². The average Bonchev–Trinajstić information content (AvgIpc) is 4.22. The summed E-state index contributed by atoms with van der Waals surface area (Å²) in [5.74, 6) is 2.00. The molecule has 0 unspecified atom stereocenters. The normalized spacial score (nSPS) is 12.7. The van der Waals surface area contributed by atoms with E-state index in [0.29, 0.717) is 11.5 Å². The molecule has 0 amide bonds. The predicted molar refractivity (Wildman–Crippen MR) is 327 cm³/mol. The number of ether oxygens (including phenoxy) is 1. The number of para-hydroxylation sites is 3. The molecule has 1 aliphatic heterocycles. The molecule has 79 heavy (non-hydrogen) atoms. The Morgan fingerprint density at radius 3 is 1.66 bits per heavy atom. The monoisotopic (exact) mass is 1210 g/mol. The second-order valence-electron chi connectivity index (χ2n) is 23.9. The Morgan fingerprint density at radius 2 is 1.00 bits per heavy atom. The van der Waals surface area contributed by atoms with Crippen molar-refractivity contribution in [1.82, 2.24) is 9.55 Å². The van der Waals surface area contributed by atoms with E-state index < -0.39 is 0 Å². The number of aryl methyl sites for hydroxylation is 1. The first-order valence-corrected chi connectivity index (χ1v) is 27.2. The van der Waals surface area contributed by atoms with Gasteiger partial charge >= 0.3 is 0 Å². The fourth-order valence-electron chi connectivity index (χ4n) is 11.0. The zero-order valence-electron chi connectivity index (χ0n) is 46.7. The van der Waals surface area contributed by atoms with Crippen molar-refractivity contribution in [2.45, 2.75) is 85.5 Å². The summed E-state index contributed by atoms with van der Waals surface area (Å²) >= 11 is 0. The molecule has 6 heteroatoms. The average molecular weight is 1210 g/mol. The van der Waals surface area contributed by atoms with Crippen LogP contribution in [0.1, 0.15) is 84.6 Å². The second-order valence-corrected chi connectivity index (χ2v) is 23.9. The summed E-state index contributed by atoms with van der Waals surface area (Å²) < 4.78 is 9.05. The predicted octanol–water partition coefficient (Wildman–Crippen LogP) is 19.8. The number of pyridine rings is 1. The van der Waals surface area contributed by atoms with Gasteiger partial charge in [-0.25, -0.2) is 4.98 Å². The number of nitrogens with zero attached hydrogens (tertiary/aromatic N) is 4. The van der Waals surface area contributed by atoms with E-state index >= 15 is 0 Å². The molecule has 0 spiro atoms. The quantitative estimate of drug-likeness (QED) is 0.135. The maximum atomic E-state index is 6.82. The van der Waals surface area contributed by atoms with E-state index in [0.717, 1.165) is 89.3 Å². The third kappa shape index (κ3) is 10.2. The smallest absolute Gasteiger partial charge is 0.135 e. The van der Waals surface area contributed by atoms with Crippen molar-refractivity contribution in [2.24, 2.45) is 0 Å². The summed E-state index contributed by atoms with van der Waals surface area (Å²) in [6.45, 7) is 24.7. The number of hydrogen-bond donors (Lipinski definition) is 0. The van der Waals surface area contributed by atoms with Gasteiger partial charge in [0, 0.05) is 78.0 Å². The minimum atomic E-state index is -0.0297. The zero-order valence-corrected chi connectivity index (χ0v) is 49.0. The molecule has 0 aliphatic carbocycles. The van der Waals surface area contributed by atoms with E-state index in [1.165, 1.54) is 27.8 Å². The van der Waals surface area contributed by atoms with Gasteiger partial charge in [-0.05, 0) is 109 Å². The third-order valence-corrected chi connectivity index (χ3v) is 15.4. The first-order chi connectivity index (χ1) is 37.5. The molecule has 0 N–H and O–H groups in total. The largest absolute Gasteiger partial charge is 0.509 e. The topological polar surface area (TPSA) is 33.5 Å². The van der Waals surface area contributed by atoms with Crippen LogP contribution in [-0.2, 0) is 37.3 Å². The van der Waals surface area contributed by atoms with E-state index in [4.69, 9.17) is 9.72 Å².